The quantitative estimate of drug-likeness (QED) is 0.569. The van der Waals surface area contributed by atoms with Gasteiger partial charge in [-0.2, -0.15) is 0 Å². The van der Waals surface area contributed by atoms with Gasteiger partial charge in [-0.15, -0.1) is 4.52 Å². The zero-order valence-electron chi connectivity index (χ0n) is 8.47. The van der Waals surface area contributed by atoms with Crippen LogP contribution < -0.4 is 0 Å². The summed E-state index contributed by atoms with van der Waals surface area (Å²) >= 11 is 0. The van der Waals surface area contributed by atoms with Crippen LogP contribution in [-0.2, 0) is 13.9 Å². The van der Waals surface area contributed by atoms with Gasteiger partial charge in [0.2, 0.25) is 6.16 Å². The number of allylic oxidation sites excluding steroid dienone is 1. The van der Waals surface area contributed by atoms with Crippen molar-refractivity contribution in [3.63, 3.8) is 0 Å². The van der Waals surface area contributed by atoms with E-state index in [1.165, 1.54) is 0 Å². The third-order valence-electron chi connectivity index (χ3n) is 1.81. The molecule has 0 aliphatic carbocycles. The Labute approximate surface area is 89.6 Å². The Balaban J connectivity index is 2.75. The fraction of sp³-hybridized carbons (Fsp3) is 0.273. The number of carbonyl (C=O) groups excluding carboxylic acids is 1. The second kappa shape index (κ2) is 6.26. The molecular weight excluding hydrogens is 211 g/mol. The van der Waals surface area contributed by atoms with E-state index in [-0.39, 0.29) is 6.16 Å². The van der Waals surface area contributed by atoms with E-state index in [1.54, 1.807) is 19.1 Å². The van der Waals surface area contributed by atoms with Gasteiger partial charge >= 0.3 is 8.03 Å². The lowest BCUT2D eigenvalue weighted by Gasteiger charge is -1.95. The highest BCUT2D eigenvalue weighted by Gasteiger charge is 2.21. The largest absolute Gasteiger partial charge is 0.513 e. The molecule has 15 heavy (non-hydrogen) atoms. The van der Waals surface area contributed by atoms with E-state index in [4.69, 9.17) is 4.52 Å². The van der Waals surface area contributed by atoms with E-state index in [0.29, 0.717) is 12.2 Å². The van der Waals surface area contributed by atoms with Gasteiger partial charge in [0.25, 0.3) is 0 Å². The first-order valence-corrected chi connectivity index (χ1v) is 6.01. The number of hydrogen-bond acceptors (Lipinski definition) is 3. The van der Waals surface area contributed by atoms with Crippen molar-refractivity contribution in [1.82, 2.24) is 0 Å². The van der Waals surface area contributed by atoms with Gasteiger partial charge in [-0.25, -0.2) is 4.79 Å². The molecule has 0 radical (unpaired) electrons. The summed E-state index contributed by atoms with van der Waals surface area (Å²) in [6.45, 7) is 2.15. The van der Waals surface area contributed by atoms with Gasteiger partial charge in [0.1, 0.15) is 5.94 Å². The van der Waals surface area contributed by atoms with Crippen LogP contribution in [0, 0.1) is 0 Å². The molecule has 0 N–H and O–H groups in total. The van der Waals surface area contributed by atoms with Crippen LogP contribution in [0.5, 0.6) is 0 Å². The summed E-state index contributed by atoms with van der Waals surface area (Å²) in [4.78, 5) is 10.7. The Morgan fingerprint density at radius 2 is 2.07 bits per heavy atom. The van der Waals surface area contributed by atoms with Crippen molar-refractivity contribution in [3.8, 4) is 0 Å². The lowest BCUT2D eigenvalue weighted by Crippen LogP contribution is -1.90. The highest BCUT2D eigenvalue weighted by molar-refractivity contribution is 7.39. The molecule has 78 valence electrons. The van der Waals surface area contributed by atoms with Crippen molar-refractivity contribution in [2.75, 3.05) is 12.8 Å². The molecule has 3 nitrogen and oxygen atoms in total. The van der Waals surface area contributed by atoms with E-state index in [0.717, 1.165) is 5.56 Å². The van der Waals surface area contributed by atoms with Crippen LogP contribution in [0.25, 0.3) is 5.57 Å². The minimum Gasteiger partial charge on any atom is -0.233 e. The molecular formula is C11H12O3P+. The standard InChI is InChI=1S/C11H12O3P/c1-2-14-15(13)9-11(8-12)10-6-4-3-5-7-10/h3-7H,2,9H2,1H3/q+1. The maximum absolute atomic E-state index is 11.3. The van der Waals surface area contributed by atoms with Gasteiger partial charge in [-0.1, -0.05) is 30.3 Å². The number of rotatable bonds is 5. The molecule has 0 saturated carbocycles. The molecule has 0 aliphatic rings. The van der Waals surface area contributed by atoms with Crippen LogP contribution in [0.4, 0.5) is 0 Å². The fourth-order valence-corrected chi connectivity index (χ4v) is 2.03. The summed E-state index contributed by atoms with van der Waals surface area (Å²) in [5, 5.41) is 0. The topological polar surface area (TPSA) is 43.4 Å². The van der Waals surface area contributed by atoms with Crippen molar-refractivity contribution < 1.29 is 13.9 Å². The lowest BCUT2D eigenvalue weighted by atomic mass is 10.1. The monoisotopic (exact) mass is 223 g/mol. The van der Waals surface area contributed by atoms with Gasteiger partial charge < -0.3 is 0 Å². The maximum Gasteiger partial charge on any atom is 0.513 e. The zero-order chi connectivity index (χ0) is 11.1. The fourth-order valence-electron chi connectivity index (χ4n) is 1.14. The molecule has 0 heterocycles. The molecule has 0 fully saturated rings. The van der Waals surface area contributed by atoms with Crippen LogP contribution in [0.15, 0.2) is 30.3 Å². The van der Waals surface area contributed by atoms with Crippen molar-refractivity contribution in [1.29, 1.82) is 0 Å². The molecule has 1 atom stereocenters. The highest BCUT2D eigenvalue weighted by atomic mass is 31.1. The first-order valence-electron chi connectivity index (χ1n) is 4.65. The predicted molar refractivity (Wildman–Crippen MR) is 59.6 cm³/mol. The van der Waals surface area contributed by atoms with Crippen LogP contribution in [0.2, 0.25) is 0 Å². The maximum atomic E-state index is 11.3. The minimum atomic E-state index is -1.80. The smallest absolute Gasteiger partial charge is 0.233 e. The van der Waals surface area contributed by atoms with E-state index in [9.17, 15) is 9.36 Å². The number of benzene rings is 1. The van der Waals surface area contributed by atoms with Crippen molar-refractivity contribution in [2.45, 2.75) is 6.92 Å². The van der Waals surface area contributed by atoms with E-state index in [1.807, 2.05) is 24.1 Å². The van der Waals surface area contributed by atoms with Crippen LogP contribution in [0.1, 0.15) is 12.5 Å². The summed E-state index contributed by atoms with van der Waals surface area (Å²) in [6, 6.07) is 9.07. The third kappa shape index (κ3) is 3.77. The molecule has 1 aromatic rings. The lowest BCUT2D eigenvalue weighted by molar-refractivity contribution is 0.352. The molecule has 1 unspecified atom stereocenters. The third-order valence-corrected chi connectivity index (χ3v) is 2.93. The SMILES string of the molecule is CCO[P+](=O)CC(=C=O)c1ccccc1. The second-order valence-electron chi connectivity index (χ2n) is 2.86. The van der Waals surface area contributed by atoms with E-state index in [2.05, 4.69) is 0 Å². The van der Waals surface area contributed by atoms with Gasteiger partial charge in [0, 0.05) is 0 Å². The van der Waals surface area contributed by atoms with E-state index < -0.39 is 8.03 Å². The van der Waals surface area contributed by atoms with Crippen LogP contribution >= 0.6 is 8.03 Å². The first kappa shape index (κ1) is 11.8. The molecule has 0 saturated heterocycles. The van der Waals surface area contributed by atoms with Gasteiger partial charge in [-0.05, 0) is 17.1 Å². The molecule has 0 aliphatic heterocycles. The van der Waals surface area contributed by atoms with Crippen molar-refractivity contribution in [2.24, 2.45) is 0 Å². The van der Waals surface area contributed by atoms with Crippen molar-refractivity contribution in [3.05, 3.63) is 35.9 Å². The summed E-state index contributed by atoms with van der Waals surface area (Å²) in [5.74, 6) is 1.81. The summed E-state index contributed by atoms with van der Waals surface area (Å²) in [7, 11) is -1.80. The summed E-state index contributed by atoms with van der Waals surface area (Å²) in [6.07, 6.45) is 0.122. The molecule has 0 amide bonds. The average Bonchev–Trinajstić information content (AvgIpc) is 2.27. The second-order valence-corrected chi connectivity index (χ2v) is 4.10. The highest BCUT2D eigenvalue weighted by Crippen LogP contribution is 2.28. The average molecular weight is 223 g/mol. The minimum absolute atomic E-state index is 0.122. The molecule has 4 heteroatoms. The molecule has 0 bridgehead atoms. The Hall–Kier alpha value is -1.27. The van der Waals surface area contributed by atoms with Crippen LogP contribution in [-0.4, -0.2) is 18.7 Å². The Morgan fingerprint density at radius 1 is 1.40 bits per heavy atom. The molecule has 1 rings (SSSR count). The predicted octanol–water partition coefficient (Wildman–Crippen LogP) is 2.68. The van der Waals surface area contributed by atoms with E-state index >= 15 is 0 Å². The van der Waals surface area contributed by atoms with Gasteiger partial charge in [0.05, 0.1) is 12.2 Å². The number of hydrogen-bond donors (Lipinski definition) is 0. The molecule has 1 aromatic carbocycles. The van der Waals surface area contributed by atoms with Crippen molar-refractivity contribution >= 4 is 19.5 Å². The Morgan fingerprint density at radius 3 is 2.60 bits per heavy atom. The Kier molecular flexibility index (Phi) is 4.92. The summed E-state index contributed by atoms with van der Waals surface area (Å²) in [5.41, 5.74) is 1.14. The molecule has 0 aromatic heterocycles. The Bertz CT molecular complexity index is 380. The van der Waals surface area contributed by atoms with Crippen LogP contribution in [0.3, 0.4) is 0 Å². The van der Waals surface area contributed by atoms with Gasteiger partial charge in [-0.3, -0.25) is 0 Å². The molecule has 0 spiro atoms. The zero-order valence-corrected chi connectivity index (χ0v) is 9.37. The first-order chi connectivity index (χ1) is 7.27. The van der Waals surface area contributed by atoms with Gasteiger partial charge in [0.15, 0.2) is 0 Å². The summed E-state index contributed by atoms with van der Waals surface area (Å²) < 4.78 is 16.2. The normalized spacial score (nSPS) is 10.6.